The zero-order valence-corrected chi connectivity index (χ0v) is 25.8. The maximum Gasteiger partial charge on any atom is 0.527 e. The van der Waals surface area contributed by atoms with Crippen LogP contribution in [-0.4, -0.2) is 100 Å². The van der Waals surface area contributed by atoms with Gasteiger partial charge >= 0.3 is 67.1 Å². The van der Waals surface area contributed by atoms with Gasteiger partial charge in [-0.3, -0.25) is 8.78 Å². The molecule has 3 atom stereocenters. The lowest BCUT2D eigenvalue weighted by Gasteiger charge is -2.37. The molecular weight excluding hydrogens is 874 g/mol. The minimum Gasteiger partial charge on any atom is -0.328 e. The second-order valence-corrected chi connectivity index (χ2v) is 8.72. The van der Waals surface area contributed by atoms with Gasteiger partial charge in [-0.15, -0.1) is 18.1 Å². The lowest BCUT2D eigenvalue weighted by Crippen LogP contribution is -2.64. The standard InChI is InChI=1S/C9H4F16O3.C6H5F9O.C3H5F3.2CH3F/c10-3(6(15,16)17,8(21,22)27-2-4(11,12)13)1-26-5(14,7(18,19)20)9(23,24)28-25;1-3(7,2-4(8,9)10)5(11,12)16-6(13,14)15;1-2-3(4,5)6;2*1-2/h1-2H2;2H2,1H3;2H2,1H3;2*1H3. The first-order chi connectivity index (χ1) is 23.2. The molecule has 4 nitrogen and oxygen atoms in total. The van der Waals surface area contributed by atoms with Crippen LogP contribution in [-0.2, 0) is 19.2 Å². The summed E-state index contributed by atoms with van der Waals surface area (Å²) in [6, 6.07) is 0. The fourth-order valence-electron chi connectivity index (χ4n) is 1.93. The van der Waals surface area contributed by atoms with Crippen molar-refractivity contribution in [2.24, 2.45) is 0 Å². The van der Waals surface area contributed by atoms with Crippen LogP contribution < -0.4 is 0 Å². The number of halogens is 30. The Bertz CT molecular complexity index is 982. The van der Waals surface area contributed by atoms with Crippen molar-refractivity contribution in [3.05, 3.63) is 0 Å². The van der Waals surface area contributed by atoms with E-state index in [9.17, 15) is 132 Å². The molecule has 0 rings (SSSR count). The SMILES string of the molecule is CC(F)(CC(F)(F)F)C(F)(F)OC(F)(F)F.CCC(F)(F)F.CF.CF.FOC(F)(F)C(F)(OCC(F)(C(F)(F)F)C(F)(F)OCC(F)(F)F)C(F)(F)F. The summed E-state index contributed by atoms with van der Waals surface area (Å²) in [4.78, 5) is 1.23. The third-order valence-electron chi connectivity index (χ3n) is 4.42. The van der Waals surface area contributed by atoms with Crippen molar-refractivity contribution in [3.8, 4) is 0 Å². The lowest BCUT2D eigenvalue weighted by molar-refractivity contribution is -0.506. The van der Waals surface area contributed by atoms with Crippen LogP contribution in [0.4, 0.5) is 132 Å². The first kappa shape index (κ1) is 61.0. The molecule has 0 spiro atoms. The van der Waals surface area contributed by atoms with Crippen molar-refractivity contribution < 1.29 is 151 Å². The van der Waals surface area contributed by atoms with Crippen LogP contribution in [0.1, 0.15) is 26.7 Å². The minimum atomic E-state index is -7.21. The number of rotatable bonds is 11. The average Bonchev–Trinajstić information content (AvgIpc) is 2.92. The number of hydrogen-bond donors (Lipinski definition) is 0. The Labute approximate surface area is 279 Å². The highest BCUT2D eigenvalue weighted by Crippen LogP contribution is 2.52. The third-order valence-corrected chi connectivity index (χ3v) is 4.42. The van der Waals surface area contributed by atoms with Crippen molar-refractivity contribution in [3.63, 3.8) is 0 Å². The predicted molar refractivity (Wildman–Crippen MR) is 113 cm³/mol. The largest absolute Gasteiger partial charge is 0.527 e. The van der Waals surface area contributed by atoms with Crippen molar-refractivity contribution >= 4 is 0 Å². The zero-order chi connectivity index (χ0) is 45.7. The molecule has 0 aliphatic rings. The second-order valence-electron chi connectivity index (χ2n) is 8.72. The van der Waals surface area contributed by atoms with Gasteiger partial charge in [0.1, 0.15) is 13.2 Å². The Morgan fingerprint density at radius 3 is 1.00 bits per heavy atom. The highest BCUT2D eigenvalue weighted by Gasteiger charge is 2.79. The fraction of sp³-hybridized carbons (Fsp3) is 1.00. The quantitative estimate of drug-likeness (QED) is 0.194. The number of alkyl halides is 29. The van der Waals surface area contributed by atoms with Crippen molar-refractivity contribution in [2.45, 2.75) is 99.5 Å². The molecule has 54 heavy (non-hydrogen) atoms. The highest BCUT2D eigenvalue weighted by molar-refractivity contribution is 4.97. The maximum atomic E-state index is 13.7. The lowest BCUT2D eigenvalue weighted by atomic mass is 10.0. The van der Waals surface area contributed by atoms with E-state index in [0.717, 1.165) is 6.92 Å². The van der Waals surface area contributed by atoms with Gasteiger partial charge in [-0.1, -0.05) is 6.92 Å². The summed E-state index contributed by atoms with van der Waals surface area (Å²) >= 11 is 0. The molecule has 3 unspecified atom stereocenters. The van der Waals surface area contributed by atoms with Gasteiger partial charge in [0.05, 0.1) is 20.8 Å². The van der Waals surface area contributed by atoms with Crippen LogP contribution in [0.3, 0.4) is 0 Å². The van der Waals surface area contributed by atoms with Crippen molar-refractivity contribution in [1.82, 2.24) is 0 Å². The van der Waals surface area contributed by atoms with Crippen LogP contribution in [0, 0.1) is 0 Å². The molecule has 0 aromatic heterocycles. The molecule has 34 heteroatoms. The average molecular weight is 894 g/mol. The molecule has 0 aliphatic heterocycles. The van der Waals surface area contributed by atoms with Crippen LogP contribution in [0.15, 0.2) is 0 Å². The summed E-state index contributed by atoms with van der Waals surface area (Å²) in [5.41, 5.74) is -11.2. The smallest absolute Gasteiger partial charge is 0.328 e. The Hall–Kier alpha value is -2.26. The highest BCUT2D eigenvalue weighted by atomic mass is 19.4. The van der Waals surface area contributed by atoms with Crippen LogP contribution >= 0.6 is 0 Å². The van der Waals surface area contributed by atoms with E-state index in [2.05, 4.69) is 9.47 Å². The zero-order valence-electron chi connectivity index (χ0n) is 25.8. The topological polar surface area (TPSA) is 36.9 Å². The van der Waals surface area contributed by atoms with Gasteiger partial charge in [0.25, 0.3) is 0 Å². The predicted octanol–water partition coefficient (Wildman–Crippen LogP) is 12.1. The Morgan fingerprint density at radius 2 is 0.778 bits per heavy atom. The molecule has 0 bridgehead atoms. The summed E-state index contributed by atoms with van der Waals surface area (Å²) in [6.45, 7) is -6.60. The Kier molecular flexibility index (Phi) is 23.5. The minimum absolute atomic E-state index is 0.327. The van der Waals surface area contributed by atoms with E-state index >= 15 is 0 Å². The molecule has 0 heterocycles. The van der Waals surface area contributed by atoms with Gasteiger partial charge in [0, 0.05) is 6.42 Å². The molecule has 0 saturated carbocycles. The summed E-state index contributed by atoms with van der Waals surface area (Å²) < 4.78 is 364. The van der Waals surface area contributed by atoms with E-state index < -0.39 is 98.8 Å². The van der Waals surface area contributed by atoms with E-state index in [-0.39, 0.29) is 6.92 Å². The van der Waals surface area contributed by atoms with E-state index in [1.54, 1.807) is 0 Å². The summed E-state index contributed by atoms with van der Waals surface area (Å²) in [6.07, 6.45) is -58.2. The molecule has 0 amide bonds. The molecule has 0 saturated heterocycles. The third kappa shape index (κ3) is 21.2. The van der Waals surface area contributed by atoms with Gasteiger partial charge in [0.15, 0.2) is 0 Å². The van der Waals surface area contributed by atoms with Gasteiger partial charge in [-0.25, -0.2) is 13.5 Å². The van der Waals surface area contributed by atoms with E-state index in [1.165, 1.54) is 4.94 Å². The summed E-state index contributed by atoms with van der Waals surface area (Å²) in [5, 5.41) is 0. The monoisotopic (exact) mass is 894 g/mol. The second kappa shape index (κ2) is 20.8. The fourth-order valence-corrected chi connectivity index (χ4v) is 1.93. The Balaban J connectivity index is -0.000000257. The van der Waals surface area contributed by atoms with E-state index in [4.69, 9.17) is 0 Å². The number of ether oxygens (including phenoxy) is 3. The van der Waals surface area contributed by atoms with Crippen LogP contribution in [0.25, 0.3) is 0 Å². The van der Waals surface area contributed by atoms with Gasteiger partial charge < -0.3 is 9.47 Å². The van der Waals surface area contributed by atoms with Crippen LogP contribution in [0.5, 0.6) is 0 Å². The van der Waals surface area contributed by atoms with Gasteiger partial charge in [0.2, 0.25) is 5.67 Å². The molecule has 0 aliphatic carbocycles. The summed E-state index contributed by atoms with van der Waals surface area (Å²) in [7, 11) is 1.00. The molecular formula is C20H20F30O4. The van der Waals surface area contributed by atoms with Crippen molar-refractivity contribution in [1.29, 1.82) is 0 Å². The molecule has 0 fully saturated rings. The van der Waals surface area contributed by atoms with E-state index in [1.807, 2.05) is 4.74 Å². The van der Waals surface area contributed by atoms with Gasteiger partial charge in [-0.05, 0) is 11.4 Å². The first-order valence-electron chi connectivity index (χ1n) is 11.8. The number of hydrogen-bond acceptors (Lipinski definition) is 4. The first-order valence-corrected chi connectivity index (χ1v) is 11.8. The van der Waals surface area contributed by atoms with Crippen molar-refractivity contribution in [2.75, 3.05) is 27.6 Å². The Morgan fingerprint density at radius 1 is 0.426 bits per heavy atom. The molecule has 0 N–H and O–H groups in total. The van der Waals surface area contributed by atoms with Gasteiger partial charge in [-0.2, -0.15) is 96.6 Å². The summed E-state index contributed by atoms with van der Waals surface area (Å²) in [5.74, 6) is -6.97. The normalized spacial score (nSPS) is 17.0. The molecule has 334 valence electrons. The molecule has 0 aromatic rings. The molecule has 0 aromatic carbocycles. The van der Waals surface area contributed by atoms with E-state index in [0.29, 0.717) is 14.4 Å². The maximum absolute atomic E-state index is 13.7. The molecule has 0 radical (unpaired) electrons. The van der Waals surface area contributed by atoms with Crippen LogP contribution in [0.2, 0.25) is 0 Å².